The molecule has 0 aliphatic carbocycles. The van der Waals surface area contributed by atoms with Gasteiger partial charge in [-0.3, -0.25) is 4.98 Å². The van der Waals surface area contributed by atoms with Crippen molar-refractivity contribution in [1.82, 2.24) is 4.98 Å². The number of anilines is 3. The van der Waals surface area contributed by atoms with Gasteiger partial charge in [0.05, 0.1) is 0 Å². The van der Waals surface area contributed by atoms with E-state index in [0.29, 0.717) is 0 Å². The van der Waals surface area contributed by atoms with Gasteiger partial charge in [-0.1, -0.05) is 0 Å². The van der Waals surface area contributed by atoms with Gasteiger partial charge in [0.25, 0.3) is 0 Å². The van der Waals surface area contributed by atoms with Gasteiger partial charge in [-0.05, 0) is 42.8 Å². The van der Waals surface area contributed by atoms with Crippen molar-refractivity contribution >= 4 is 17.1 Å². The third-order valence-corrected chi connectivity index (χ3v) is 2.07. The highest BCUT2D eigenvalue weighted by Gasteiger charge is 1.96. The summed E-state index contributed by atoms with van der Waals surface area (Å²) in [6.07, 6.45) is 3.50. The average Bonchev–Trinajstić information content (AvgIpc) is 2.17. The molecule has 76 valence electrons. The summed E-state index contributed by atoms with van der Waals surface area (Å²) >= 11 is 0. The zero-order valence-corrected chi connectivity index (χ0v) is 8.57. The van der Waals surface area contributed by atoms with Crippen LogP contribution in [0.2, 0.25) is 0 Å². The predicted octanol–water partition coefficient (Wildman–Crippen LogP) is 2.72. The summed E-state index contributed by atoms with van der Waals surface area (Å²) in [5.74, 6) is 0. The first-order valence-corrected chi connectivity index (χ1v) is 4.78. The Morgan fingerprint density at radius 2 is 1.80 bits per heavy atom. The molecule has 1 heterocycles. The van der Waals surface area contributed by atoms with Crippen LogP contribution < -0.4 is 11.1 Å². The van der Waals surface area contributed by atoms with Gasteiger partial charge in [0.1, 0.15) is 0 Å². The second kappa shape index (κ2) is 4.00. The molecule has 2 rings (SSSR count). The van der Waals surface area contributed by atoms with E-state index in [9.17, 15) is 0 Å². The Hall–Kier alpha value is -2.03. The number of nitrogens with zero attached hydrogens (tertiary/aromatic N) is 1. The smallest absolute Gasteiger partial charge is 0.0415 e. The van der Waals surface area contributed by atoms with E-state index in [1.807, 2.05) is 31.2 Å². The lowest BCUT2D eigenvalue weighted by molar-refractivity contribution is 1.32. The maximum atomic E-state index is 5.76. The number of nitrogens with two attached hydrogens (primary N) is 1. The maximum Gasteiger partial charge on any atom is 0.0415 e. The lowest BCUT2D eigenvalue weighted by Crippen LogP contribution is -1.93. The van der Waals surface area contributed by atoms with Gasteiger partial charge in [-0.2, -0.15) is 0 Å². The molecule has 2 aromatic rings. The second-order valence-electron chi connectivity index (χ2n) is 3.49. The molecule has 0 amide bonds. The number of rotatable bonds is 2. The van der Waals surface area contributed by atoms with Crippen LogP contribution in [0.5, 0.6) is 0 Å². The summed E-state index contributed by atoms with van der Waals surface area (Å²) < 4.78 is 0. The van der Waals surface area contributed by atoms with Gasteiger partial charge in [-0.15, -0.1) is 0 Å². The van der Waals surface area contributed by atoms with Crippen LogP contribution in [0, 0.1) is 6.92 Å². The fraction of sp³-hybridized carbons (Fsp3) is 0.0833. The predicted molar refractivity (Wildman–Crippen MR) is 63.1 cm³/mol. The average molecular weight is 199 g/mol. The van der Waals surface area contributed by atoms with E-state index in [1.54, 1.807) is 12.4 Å². The molecule has 0 radical (unpaired) electrons. The summed E-state index contributed by atoms with van der Waals surface area (Å²) in [5.41, 5.74) is 9.68. The molecule has 0 aliphatic heterocycles. The first-order chi connectivity index (χ1) is 7.24. The highest BCUT2D eigenvalue weighted by molar-refractivity contribution is 5.64. The summed E-state index contributed by atoms with van der Waals surface area (Å²) in [4.78, 5) is 3.96. The normalized spacial score (nSPS) is 9.93. The Morgan fingerprint density at radius 3 is 2.47 bits per heavy atom. The number of pyridine rings is 1. The highest BCUT2D eigenvalue weighted by atomic mass is 14.9. The molecule has 3 N–H and O–H groups in total. The lowest BCUT2D eigenvalue weighted by atomic mass is 10.2. The van der Waals surface area contributed by atoms with Crippen LogP contribution >= 0.6 is 0 Å². The molecule has 0 saturated carbocycles. The molecule has 15 heavy (non-hydrogen) atoms. The van der Waals surface area contributed by atoms with Crippen LogP contribution in [0.3, 0.4) is 0 Å². The molecule has 1 aromatic heterocycles. The number of nitrogens with one attached hydrogen (secondary N) is 1. The van der Waals surface area contributed by atoms with Gasteiger partial charge >= 0.3 is 0 Å². The Bertz CT molecular complexity index is 431. The third-order valence-electron chi connectivity index (χ3n) is 2.07. The Balaban J connectivity index is 2.25. The Kier molecular flexibility index (Phi) is 2.54. The van der Waals surface area contributed by atoms with Gasteiger partial charge in [0.15, 0.2) is 0 Å². The molecule has 0 spiro atoms. The quantitative estimate of drug-likeness (QED) is 0.731. The summed E-state index contributed by atoms with van der Waals surface area (Å²) in [5, 5.41) is 3.27. The largest absolute Gasteiger partial charge is 0.399 e. The van der Waals surface area contributed by atoms with Gasteiger partial charge in [0.2, 0.25) is 0 Å². The highest BCUT2D eigenvalue weighted by Crippen LogP contribution is 2.20. The molecular formula is C12H13N3. The molecule has 0 fully saturated rings. The van der Waals surface area contributed by atoms with Crippen molar-refractivity contribution in [3.63, 3.8) is 0 Å². The maximum absolute atomic E-state index is 5.76. The van der Waals surface area contributed by atoms with Crippen LogP contribution in [0.15, 0.2) is 42.7 Å². The van der Waals surface area contributed by atoms with E-state index in [0.717, 1.165) is 22.6 Å². The SMILES string of the molecule is Cc1cc(N)cc(Nc2ccncc2)c1. The fourth-order valence-electron chi connectivity index (χ4n) is 1.49. The summed E-state index contributed by atoms with van der Waals surface area (Å²) in [6.45, 7) is 2.02. The zero-order chi connectivity index (χ0) is 10.7. The number of hydrogen-bond acceptors (Lipinski definition) is 3. The Labute approximate surface area is 89.0 Å². The molecule has 0 saturated heterocycles. The topological polar surface area (TPSA) is 50.9 Å². The fourth-order valence-corrected chi connectivity index (χ4v) is 1.49. The first kappa shape index (κ1) is 9.52. The summed E-state index contributed by atoms with van der Waals surface area (Å²) in [6, 6.07) is 9.74. The van der Waals surface area contributed by atoms with Crippen molar-refractivity contribution in [2.45, 2.75) is 6.92 Å². The van der Waals surface area contributed by atoms with E-state index in [1.165, 1.54) is 0 Å². The van der Waals surface area contributed by atoms with Crippen LogP contribution in [0.4, 0.5) is 17.1 Å². The van der Waals surface area contributed by atoms with Crippen LogP contribution in [-0.2, 0) is 0 Å². The molecule has 3 heteroatoms. The number of aromatic nitrogens is 1. The summed E-state index contributed by atoms with van der Waals surface area (Å²) in [7, 11) is 0. The molecule has 1 aromatic carbocycles. The van der Waals surface area contributed by atoms with Crippen molar-refractivity contribution in [3.8, 4) is 0 Å². The van der Waals surface area contributed by atoms with Crippen molar-refractivity contribution < 1.29 is 0 Å². The van der Waals surface area contributed by atoms with Crippen LogP contribution in [0.25, 0.3) is 0 Å². The monoisotopic (exact) mass is 199 g/mol. The van der Waals surface area contributed by atoms with E-state index in [2.05, 4.69) is 16.4 Å². The molecule has 0 atom stereocenters. The number of aryl methyl sites for hydroxylation is 1. The lowest BCUT2D eigenvalue weighted by Gasteiger charge is -2.07. The van der Waals surface area contributed by atoms with E-state index >= 15 is 0 Å². The van der Waals surface area contributed by atoms with Crippen molar-refractivity contribution in [2.75, 3.05) is 11.1 Å². The van der Waals surface area contributed by atoms with E-state index in [-0.39, 0.29) is 0 Å². The minimum Gasteiger partial charge on any atom is -0.399 e. The molecule has 0 aliphatic rings. The van der Waals surface area contributed by atoms with E-state index in [4.69, 9.17) is 5.73 Å². The Morgan fingerprint density at radius 1 is 1.07 bits per heavy atom. The first-order valence-electron chi connectivity index (χ1n) is 4.78. The zero-order valence-electron chi connectivity index (χ0n) is 8.57. The minimum absolute atomic E-state index is 0.770. The van der Waals surface area contributed by atoms with Gasteiger partial charge in [-0.25, -0.2) is 0 Å². The number of nitrogen functional groups attached to an aromatic ring is 1. The van der Waals surface area contributed by atoms with E-state index < -0.39 is 0 Å². The number of hydrogen-bond donors (Lipinski definition) is 2. The van der Waals surface area contributed by atoms with Crippen LogP contribution in [-0.4, -0.2) is 4.98 Å². The second-order valence-corrected chi connectivity index (χ2v) is 3.49. The molecule has 0 bridgehead atoms. The standard InChI is InChI=1S/C12H13N3/c1-9-6-10(13)8-12(7-9)15-11-2-4-14-5-3-11/h2-8H,13H2,1H3,(H,14,15). The molecular weight excluding hydrogens is 186 g/mol. The number of benzene rings is 1. The van der Waals surface area contributed by atoms with Crippen molar-refractivity contribution in [3.05, 3.63) is 48.3 Å². The van der Waals surface area contributed by atoms with Gasteiger partial charge in [0, 0.05) is 29.5 Å². The van der Waals surface area contributed by atoms with Gasteiger partial charge < -0.3 is 11.1 Å². The molecule has 0 unspecified atom stereocenters. The van der Waals surface area contributed by atoms with Crippen molar-refractivity contribution in [1.29, 1.82) is 0 Å². The van der Waals surface area contributed by atoms with Crippen LogP contribution in [0.1, 0.15) is 5.56 Å². The van der Waals surface area contributed by atoms with Crippen molar-refractivity contribution in [2.24, 2.45) is 0 Å². The molecule has 3 nitrogen and oxygen atoms in total. The minimum atomic E-state index is 0.770. The third kappa shape index (κ3) is 2.47.